The molecule has 10 heteroatoms. The van der Waals surface area contributed by atoms with Crippen LogP contribution in [0.3, 0.4) is 0 Å². The van der Waals surface area contributed by atoms with Crippen LogP contribution in [-0.4, -0.2) is 30.6 Å². The van der Waals surface area contributed by atoms with Crippen LogP contribution in [0, 0.1) is 0 Å². The predicted molar refractivity (Wildman–Crippen MR) is 84.8 cm³/mol. The summed E-state index contributed by atoms with van der Waals surface area (Å²) < 4.78 is 26.0. The molecule has 1 amide bonds. The first-order chi connectivity index (χ1) is 10.3. The lowest BCUT2D eigenvalue weighted by molar-refractivity contribution is 0.102. The van der Waals surface area contributed by atoms with Gasteiger partial charge in [0.25, 0.3) is 15.9 Å². The van der Waals surface area contributed by atoms with E-state index in [1.165, 1.54) is 0 Å². The highest BCUT2D eigenvalue weighted by Gasteiger charge is 2.22. The lowest BCUT2D eigenvalue weighted by Crippen LogP contribution is -2.30. The second-order valence-corrected chi connectivity index (χ2v) is 7.86. The summed E-state index contributed by atoms with van der Waals surface area (Å²) in [5, 5.41) is 10.1. The molecule has 0 saturated heterocycles. The van der Waals surface area contributed by atoms with Crippen LogP contribution in [0.1, 0.15) is 24.2 Å². The molecular weight excluding hydrogens is 348 g/mol. The number of anilines is 1. The number of halogens is 1. The zero-order chi connectivity index (χ0) is 16.3. The Hall–Kier alpha value is -1.55. The molecule has 0 bridgehead atoms. The number of benzene rings is 1. The lowest BCUT2D eigenvalue weighted by Gasteiger charge is -2.05. The Morgan fingerprint density at radius 2 is 1.95 bits per heavy atom. The van der Waals surface area contributed by atoms with Crippen molar-refractivity contribution in [3.8, 4) is 0 Å². The Morgan fingerprint density at radius 1 is 1.27 bits per heavy atom. The van der Waals surface area contributed by atoms with Crippen LogP contribution in [0.15, 0.2) is 28.6 Å². The van der Waals surface area contributed by atoms with Crippen LogP contribution in [-0.2, 0) is 10.0 Å². The summed E-state index contributed by atoms with van der Waals surface area (Å²) >= 11 is 6.68. The van der Waals surface area contributed by atoms with Gasteiger partial charge in [-0.25, -0.2) is 13.1 Å². The Kier molecular flexibility index (Phi) is 5.12. The highest BCUT2D eigenvalue weighted by Crippen LogP contribution is 2.22. The molecule has 0 fully saturated rings. The normalized spacial score (nSPS) is 11.6. The highest BCUT2D eigenvalue weighted by molar-refractivity contribution is 7.91. The molecule has 22 heavy (non-hydrogen) atoms. The van der Waals surface area contributed by atoms with Crippen molar-refractivity contribution in [2.24, 2.45) is 0 Å². The minimum atomic E-state index is -3.73. The zero-order valence-electron chi connectivity index (χ0n) is 11.7. The maximum absolute atomic E-state index is 12.0. The molecule has 0 unspecified atom stereocenters. The summed E-state index contributed by atoms with van der Waals surface area (Å²) in [6.07, 6.45) is 0. The summed E-state index contributed by atoms with van der Waals surface area (Å²) in [7, 11) is -3.73. The highest BCUT2D eigenvalue weighted by atomic mass is 35.5. The molecule has 0 saturated carbocycles. The number of sulfonamides is 1. The quantitative estimate of drug-likeness (QED) is 0.795. The van der Waals surface area contributed by atoms with Crippen LogP contribution in [0.4, 0.5) is 5.13 Å². The van der Waals surface area contributed by atoms with E-state index in [0.29, 0.717) is 5.02 Å². The Balaban J connectivity index is 2.16. The fraction of sp³-hybridized carbons (Fsp3) is 0.250. The molecule has 0 spiro atoms. The van der Waals surface area contributed by atoms with Crippen LogP contribution >= 0.6 is 22.9 Å². The average Bonchev–Trinajstić information content (AvgIpc) is 2.87. The second kappa shape index (κ2) is 6.69. The zero-order valence-corrected chi connectivity index (χ0v) is 14.1. The van der Waals surface area contributed by atoms with Crippen molar-refractivity contribution in [3.05, 3.63) is 34.9 Å². The van der Waals surface area contributed by atoms with Crippen molar-refractivity contribution in [2.45, 2.75) is 24.2 Å². The molecule has 0 aliphatic heterocycles. The van der Waals surface area contributed by atoms with Gasteiger partial charge < -0.3 is 0 Å². The third-order valence-corrected chi connectivity index (χ3v) is 5.56. The van der Waals surface area contributed by atoms with Gasteiger partial charge in [-0.15, -0.1) is 10.2 Å². The maximum Gasteiger partial charge on any atom is 0.270 e. The molecule has 7 nitrogen and oxygen atoms in total. The number of nitrogens with zero attached hydrogens (tertiary/aromatic N) is 2. The monoisotopic (exact) mass is 360 g/mol. The van der Waals surface area contributed by atoms with Gasteiger partial charge in [-0.1, -0.05) is 35.1 Å². The molecule has 1 aromatic carbocycles. The predicted octanol–water partition coefficient (Wildman–Crippen LogP) is 2.13. The van der Waals surface area contributed by atoms with Crippen molar-refractivity contribution >= 4 is 44.0 Å². The van der Waals surface area contributed by atoms with Gasteiger partial charge in [0.15, 0.2) is 0 Å². The lowest BCUT2D eigenvalue weighted by atomic mass is 10.2. The number of hydrogen-bond acceptors (Lipinski definition) is 6. The van der Waals surface area contributed by atoms with E-state index in [-0.39, 0.29) is 21.1 Å². The van der Waals surface area contributed by atoms with Crippen LogP contribution in [0.5, 0.6) is 0 Å². The van der Waals surface area contributed by atoms with Gasteiger partial charge in [0, 0.05) is 6.04 Å². The van der Waals surface area contributed by atoms with Gasteiger partial charge in [-0.3, -0.25) is 10.1 Å². The maximum atomic E-state index is 12.0. The van der Waals surface area contributed by atoms with Crippen molar-refractivity contribution in [3.63, 3.8) is 0 Å². The number of carbonyl (C=O) groups is 1. The minimum absolute atomic E-state index is 0.0778. The van der Waals surface area contributed by atoms with E-state index in [0.717, 1.165) is 11.3 Å². The number of nitrogens with one attached hydrogen (secondary N) is 2. The average molecular weight is 361 g/mol. The standard InChI is InChI=1S/C12H13ClN4O3S2/c1-7(2)17-22(19,20)12-16-15-11(21-12)14-10(18)8-5-3-4-6-9(8)13/h3-7,17H,1-2H3,(H,14,15,18). The van der Waals surface area contributed by atoms with Crippen LogP contribution in [0.25, 0.3) is 0 Å². The fourth-order valence-electron chi connectivity index (χ4n) is 1.54. The topological polar surface area (TPSA) is 101 Å². The molecule has 0 aliphatic rings. The summed E-state index contributed by atoms with van der Waals surface area (Å²) in [4.78, 5) is 12.0. The summed E-state index contributed by atoms with van der Waals surface area (Å²) in [6, 6.07) is 6.24. The van der Waals surface area contributed by atoms with E-state index in [9.17, 15) is 13.2 Å². The van der Waals surface area contributed by atoms with E-state index in [1.54, 1.807) is 38.1 Å². The molecular formula is C12H13ClN4O3S2. The molecule has 0 aliphatic carbocycles. The number of rotatable bonds is 5. The summed E-state index contributed by atoms with van der Waals surface area (Å²) in [5.41, 5.74) is 0.268. The summed E-state index contributed by atoms with van der Waals surface area (Å²) in [5.74, 6) is -0.484. The molecule has 0 atom stereocenters. The third kappa shape index (κ3) is 4.01. The molecule has 1 heterocycles. The fourth-order valence-corrected chi connectivity index (χ4v) is 3.92. The minimum Gasteiger partial charge on any atom is -0.296 e. The van der Waals surface area contributed by atoms with Crippen LogP contribution < -0.4 is 10.0 Å². The third-order valence-electron chi connectivity index (χ3n) is 2.37. The van der Waals surface area contributed by atoms with Crippen molar-refractivity contribution in [1.82, 2.24) is 14.9 Å². The largest absolute Gasteiger partial charge is 0.296 e. The Labute approximate surface area is 136 Å². The van der Waals surface area contributed by atoms with E-state index >= 15 is 0 Å². The van der Waals surface area contributed by atoms with E-state index in [2.05, 4.69) is 20.2 Å². The van der Waals surface area contributed by atoms with Gasteiger partial charge in [0.1, 0.15) is 0 Å². The molecule has 1 aromatic heterocycles. The Bertz CT molecular complexity index is 789. The number of carbonyl (C=O) groups excluding carboxylic acids is 1. The molecule has 2 rings (SSSR count). The molecule has 2 N–H and O–H groups in total. The first-order valence-electron chi connectivity index (χ1n) is 6.21. The van der Waals surface area contributed by atoms with Crippen LogP contribution in [0.2, 0.25) is 5.02 Å². The van der Waals surface area contributed by atoms with Crippen molar-refractivity contribution < 1.29 is 13.2 Å². The summed E-state index contributed by atoms with van der Waals surface area (Å²) in [6.45, 7) is 3.39. The van der Waals surface area contributed by atoms with E-state index in [4.69, 9.17) is 11.6 Å². The van der Waals surface area contributed by atoms with Crippen molar-refractivity contribution in [2.75, 3.05) is 5.32 Å². The first-order valence-corrected chi connectivity index (χ1v) is 8.89. The van der Waals surface area contributed by atoms with Gasteiger partial charge in [0.2, 0.25) is 9.47 Å². The van der Waals surface area contributed by atoms with Crippen molar-refractivity contribution in [1.29, 1.82) is 0 Å². The molecule has 0 radical (unpaired) electrons. The van der Waals surface area contributed by atoms with Gasteiger partial charge in [-0.05, 0) is 26.0 Å². The van der Waals surface area contributed by atoms with E-state index in [1.807, 2.05) is 0 Å². The number of aromatic nitrogens is 2. The number of hydrogen-bond donors (Lipinski definition) is 2. The Morgan fingerprint density at radius 3 is 2.59 bits per heavy atom. The smallest absolute Gasteiger partial charge is 0.270 e. The van der Waals surface area contributed by atoms with Gasteiger partial charge in [0.05, 0.1) is 10.6 Å². The second-order valence-electron chi connectivity index (χ2n) is 4.58. The first kappa shape index (κ1) is 16.8. The molecule has 2 aromatic rings. The van der Waals surface area contributed by atoms with Gasteiger partial charge >= 0.3 is 0 Å². The van der Waals surface area contributed by atoms with Gasteiger partial charge in [-0.2, -0.15) is 0 Å². The number of amides is 1. The van der Waals surface area contributed by atoms with E-state index < -0.39 is 15.9 Å². The SMILES string of the molecule is CC(C)NS(=O)(=O)c1nnc(NC(=O)c2ccccc2Cl)s1. The molecule has 118 valence electrons.